The van der Waals surface area contributed by atoms with E-state index in [1.54, 1.807) is 6.07 Å². The molecule has 1 aromatic rings. The molecular formula is C12H16FNO4. The second kappa shape index (κ2) is 6.80. The van der Waals surface area contributed by atoms with E-state index >= 15 is 0 Å². The highest BCUT2D eigenvalue weighted by atomic mass is 19.1. The van der Waals surface area contributed by atoms with Gasteiger partial charge in [0.15, 0.2) is 11.6 Å². The number of hydrogen-bond acceptors (Lipinski definition) is 4. The first-order valence-electron chi connectivity index (χ1n) is 5.39. The molecule has 0 unspecified atom stereocenters. The first-order chi connectivity index (χ1) is 8.58. The first kappa shape index (κ1) is 14.2. The van der Waals surface area contributed by atoms with Crippen molar-refractivity contribution < 1.29 is 23.8 Å². The Morgan fingerprint density at radius 3 is 2.78 bits per heavy atom. The smallest absolute Gasteiger partial charge is 0.409 e. The average Bonchev–Trinajstić information content (AvgIpc) is 2.36. The molecule has 0 aromatic heterocycles. The molecule has 0 spiro atoms. The molecular weight excluding hydrogens is 241 g/mol. The van der Waals surface area contributed by atoms with Crippen LogP contribution in [0.2, 0.25) is 0 Å². The lowest BCUT2D eigenvalue weighted by atomic mass is 10.2. The van der Waals surface area contributed by atoms with Gasteiger partial charge < -0.3 is 19.5 Å². The van der Waals surface area contributed by atoms with Crippen molar-refractivity contribution in [1.29, 1.82) is 0 Å². The van der Waals surface area contributed by atoms with E-state index in [1.165, 1.54) is 31.2 Å². The van der Waals surface area contributed by atoms with Gasteiger partial charge in [-0.3, -0.25) is 0 Å². The molecule has 0 fully saturated rings. The van der Waals surface area contributed by atoms with Crippen molar-refractivity contribution in [2.45, 2.75) is 6.54 Å². The van der Waals surface area contributed by atoms with E-state index in [1.807, 2.05) is 0 Å². The summed E-state index contributed by atoms with van der Waals surface area (Å²) in [5.74, 6) is -0.323. The highest BCUT2D eigenvalue weighted by molar-refractivity contribution is 5.67. The van der Waals surface area contributed by atoms with Crippen LogP contribution in [0.5, 0.6) is 5.75 Å². The van der Waals surface area contributed by atoms with Gasteiger partial charge in [-0.25, -0.2) is 9.18 Å². The van der Waals surface area contributed by atoms with E-state index in [0.29, 0.717) is 5.56 Å². The van der Waals surface area contributed by atoms with Gasteiger partial charge in [0.2, 0.25) is 0 Å². The average molecular weight is 257 g/mol. The minimum Gasteiger partial charge on any atom is -0.494 e. The molecule has 0 aliphatic rings. The Hall–Kier alpha value is -1.82. The number of amides is 1. The minimum absolute atomic E-state index is 0.0554. The second-order valence-corrected chi connectivity index (χ2v) is 3.66. The van der Waals surface area contributed by atoms with Crippen molar-refractivity contribution >= 4 is 6.09 Å². The minimum atomic E-state index is -0.569. The molecule has 1 aromatic carbocycles. The fourth-order valence-corrected chi connectivity index (χ4v) is 1.39. The molecule has 0 heterocycles. The molecule has 1 rings (SSSR count). The van der Waals surface area contributed by atoms with Crippen LogP contribution in [0.4, 0.5) is 9.18 Å². The van der Waals surface area contributed by atoms with E-state index < -0.39 is 11.9 Å². The van der Waals surface area contributed by atoms with Crippen molar-refractivity contribution in [2.24, 2.45) is 0 Å². The number of aliphatic hydroxyl groups is 1. The summed E-state index contributed by atoms with van der Waals surface area (Å²) in [6.45, 7) is -0.0674. The van der Waals surface area contributed by atoms with Crippen LogP contribution in [0, 0.1) is 5.82 Å². The Kier molecular flexibility index (Phi) is 5.38. The normalized spacial score (nSPS) is 10.0. The number of ether oxygens (including phenoxy) is 2. The summed E-state index contributed by atoms with van der Waals surface area (Å²) in [4.78, 5) is 12.7. The third-order valence-electron chi connectivity index (χ3n) is 2.26. The quantitative estimate of drug-likeness (QED) is 0.866. The van der Waals surface area contributed by atoms with Gasteiger partial charge in [0.25, 0.3) is 0 Å². The first-order valence-corrected chi connectivity index (χ1v) is 5.39. The predicted octanol–water partition coefficient (Wildman–Crippen LogP) is 1.40. The zero-order valence-corrected chi connectivity index (χ0v) is 10.4. The summed E-state index contributed by atoms with van der Waals surface area (Å²) in [6.07, 6.45) is -0.569. The summed E-state index contributed by atoms with van der Waals surface area (Å²) < 4.78 is 22.9. The Balaban J connectivity index is 2.61. The van der Waals surface area contributed by atoms with Crippen molar-refractivity contribution in [3.05, 3.63) is 29.6 Å². The Bertz CT molecular complexity index is 411. The van der Waals surface area contributed by atoms with E-state index in [2.05, 4.69) is 0 Å². The number of rotatable bonds is 5. The number of benzene rings is 1. The molecule has 1 N–H and O–H groups in total. The molecule has 6 heteroatoms. The van der Waals surface area contributed by atoms with Crippen LogP contribution in [0.25, 0.3) is 0 Å². The number of hydrogen-bond donors (Lipinski definition) is 1. The lowest BCUT2D eigenvalue weighted by Crippen LogP contribution is -2.27. The Labute approximate surface area is 105 Å². The maximum Gasteiger partial charge on any atom is 0.409 e. The topological polar surface area (TPSA) is 59.0 Å². The third-order valence-corrected chi connectivity index (χ3v) is 2.26. The molecule has 0 bridgehead atoms. The molecule has 18 heavy (non-hydrogen) atoms. The second-order valence-electron chi connectivity index (χ2n) is 3.66. The number of carbonyl (C=O) groups is 1. The molecule has 0 radical (unpaired) electrons. The van der Waals surface area contributed by atoms with Crippen LogP contribution in [0.3, 0.4) is 0 Å². The third kappa shape index (κ3) is 3.89. The van der Waals surface area contributed by atoms with Gasteiger partial charge in [-0.1, -0.05) is 6.07 Å². The number of halogens is 1. The van der Waals surface area contributed by atoms with Gasteiger partial charge in [-0.2, -0.15) is 0 Å². The van der Waals surface area contributed by atoms with Crippen LogP contribution in [0.15, 0.2) is 18.2 Å². The Morgan fingerprint density at radius 1 is 1.50 bits per heavy atom. The maximum absolute atomic E-state index is 13.4. The van der Waals surface area contributed by atoms with Crippen molar-refractivity contribution in [2.75, 3.05) is 27.4 Å². The molecule has 0 aliphatic heterocycles. The summed E-state index contributed by atoms with van der Waals surface area (Å²) in [5.41, 5.74) is 0.622. The maximum atomic E-state index is 13.4. The summed E-state index contributed by atoms with van der Waals surface area (Å²) in [6, 6.07) is 4.46. The highest BCUT2D eigenvalue weighted by Crippen LogP contribution is 2.18. The van der Waals surface area contributed by atoms with Crippen molar-refractivity contribution in [1.82, 2.24) is 4.90 Å². The number of carbonyl (C=O) groups excluding carboxylic acids is 1. The van der Waals surface area contributed by atoms with E-state index in [-0.39, 0.29) is 25.5 Å². The van der Waals surface area contributed by atoms with Gasteiger partial charge in [0.05, 0.1) is 13.7 Å². The number of methoxy groups -OCH3 is 1. The van der Waals surface area contributed by atoms with Crippen molar-refractivity contribution in [3.8, 4) is 5.75 Å². The van der Waals surface area contributed by atoms with Crippen LogP contribution in [-0.2, 0) is 11.3 Å². The molecule has 0 atom stereocenters. The number of nitrogens with zero attached hydrogens (tertiary/aromatic N) is 1. The fourth-order valence-electron chi connectivity index (χ4n) is 1.39. The summed E-state index contributed by atoms with van der Waals surface area (Å²) in [5, 5.41) is 8.52. The van der Waals surface area contributed by atoms with Gasteiger partial charge in [0, 0.05) is 13.6 Å². The van der Waals surface area contributed by atoms with Crippen molar-refractivity contribution in [3.63, 3.8) is 0 Å². The zero-order chi connectivity index (χ0) is 13.5. The van der Waals surface area contributed by atoms with Crippen LogP contribution in [0.1, 0.15) is 5.56 Å². The van der Waals surface area contributed by atoms with E-state index in [0.717, 1.165) is 0 Å². The molecule has 0 saturated carbocycles. The zero-order valence-electron chi connectivity index (χ0n) is 10.4. The monoisotopic (exact) mass is 257 g/mol. The van der Waals surface area contributed by atoms with Gasteiger partial charge >= 0.3 is 6.09 Å². The summed E-state index contributed by atoms with van der Waals surface area (Å²) >= 11 is 0. The van der Waals surface area contributed by atoms with Crippen LogP contribution < -0.4 is 4.74 Å². The standard InChI is InChI=1S/C12H16FNO4/c1-14(12(16)18-6-5-15)8-9-3-4-11(17-2)10(13)7-9/h3-4,7,15H,5-6,8H2,1-2H3. The fraction of sp³-hybridized carbons (Fsp3) is 0.417. The van der Waals surface area contributed by atoms with Crippen LogP contribution >= 0.6 is 0 Å². The van der Waals surface area contributed by atoms with Gasteiger partial charge in [0.1, 0.15) is 6.61 Å². The lowest BCUT2D eigenvalue weighted by Gasteiger charge is -2.17. The lowest BCUT2D eigenvalue weighted by molar-refractivity contribution is 0.0893. The highest BCUT2D eigenvalue weighted by Gasteiger charge is 2.11. The molecule has 0 saturated heterocycles. The SMILES string of the molecule is COc1ccc(CN(C)C(=O)OCCO)cc1F. The van der Waals surface area contributed by atoms with Gasteiger partial charge in [-0.15, -0.1) is 0 Å². The van der Waals surface area contributed by atoms with E-state index in [9.17, 15) is 9.18 Å². The molecule has 0 aliphatic carbocycles. The van der Waals surface area contributed by atoms with Crippen LogP contribution in [-0.4, -0.2) is 43.5 Å². The molecule has 1 amide bonds. The Morgan fingerprint density at radius 2 is 2.22 bits per heavy atom. The summed E-state index contributed by atoms with van der Waals surface area (Å²) in [7, 11) is 2.91. The number of aliphatic hydroxyl groups excluding tert-OH is 1. The molecule has 5 nitrogen and oxygen atoms in total. The van der Waals surface area contributed by atoms with Gasteiger partial charge in [-0.05, 0) is 17.7 Å². The van der Waals surface area contributed by atoms with E-state index in [4.69, 9.17) is 14.6 Å². The predicted molar refractivity (Wildman–Crippen MR) is 62.9 cm³/mol. The largest absolute Gasteiger partial charge is 0.494 e. The molecule has 100 valence electrons.